The molecule has 0 aliphatic heterocycles. The first-order valence-electron chi connectivity index (χ1n) is 4.79. The number of rotatable bonds is 3. The molecule has 1 aromatic rings. The number of Topliss-reactive ketones (excluding diaryl/α,β-unsaturated/α-hetero) is 1. The Labute approximate surface area is 87.7 Å². The zero-order chi connectivity index (χ0) is 11.8. The topological polar surface area (TPSA) is 32.9 Å². The largest absolute Gasteiger partial charge is 0.356 e. The Kier molecular flexibility index (Phi) is 2.98. The van der Waals surface area contributed by atoms with Crippen molar-refractivity contribution in [3.05, 3.63) is 22.5 Å². The maximum Gasteiger partial charge on any atom is 0.252 e. The molecule has 15 heavy (non-hydrogen) atoms. The summed E-state index contributed by atoms with van der Waals surface area (Å²) in [6, 6.07) is 0. The number of nitrogens with one attached hydrogen (secondary N) is 1. The van der Waals surface area contributed by atoms with Gasteiger partial charge in [-0.25, -0.2) is 8.78 Å². The SMILES string of the molecule is Cc1[nH]c(C(=O)CC(C)(F)F)c(C)c1C. The molecule has 0 saturated heterocycles. The van der Waals surface area contributed by atoms with Gasteiger partial charge in [0.2, 0.25) is 0 Å². The Balaban J connectivity index is 2.98. The number of aromatic nitrogens is 1. The van der Waals surface area contributed by atoms with Crippen LogP contribution < -0.4 is 0 Å². The van der Waals surface area contributed by atoms with Crippen LogP contribution in [0.5, 0.6) is 0 Å². The molecule has 0 saturated carbocycles. The summed E-state index contributed by atoms with van der Waals surface area (Å²) in [5.74, 6) is -3.48. The Morgan fingerprint density at radius 3 is 2.13 bits per heavy atom. The van der Waals surface area contributed by atoms with Gasteiger partial charge in [-0.05, 0) is 38.8 Å². The molecule has 2 nitrogen and oxygen atoms in total. The van der Waals surface area contributed by atoms with Gasteiger partial charge in [-0.1, -0.05) is 0 Å². The number of hydrogen-bond acceptors (Lipinski definition) is 1. The van der Waals surface area contributed by atoms with Gasteiger partial charge in [-0.2, -0.15) is 0 Å². The van der Waals surface area contributed by atoms with Crippen molar-refractivity contribution in [1.29, 1.82) is 0 Å². The summed E-state index contributed by atoms with van der Waals surface area (Å²) < 4.78 is 25.3. The number of carbonyl (C=O) groups is 1. The molecule has 0 aliphatic carbocycles. The van der Waals surface area contributed by atoms with Crippen LogP contribution in [0.25, 0.3) is 0 Å². The molecular weight excluding hydrogens is 200 g/mol. The van der Waals surface area contributed by atoms with E-state index in [1.165, 1.54) is 0 Å². The predicted molar refractivity (Wildman–Crippen MR) is 54.6 cm³/mol. The summed E-state index contributed by atoms with van der Waals surface area (Å²) in [6.45, 7) is 6.20. The molecule has 0 aromatic carbocycles. The molecule has 1 aromatic heterocycles. The Hall–Kier alpha value is -1.19. The monoisotopic (exact) mass is 215 g/mol. The van der Waals surface area contributed by atoms with Crippen LogP contribution >= 0.6 is 0 Å². The fourth-order valence-corrected chi connectivity index (χ4v) is 1.49. The number of ketones is 1. The first-order chi connectivity index (χ1) is 6.72. The first kappa shape index (κ1) is 11.9. The van der Waals surface area contributed by atoms with Gasteiger partial charge in [0.05, 0.1) is 12.1 Å². The van der Waals surface area contributed by atoms with Gasteiger partial charge < -0.3 is 4.98 Å². The smallest absolute Gasteiger partial charge is 0.252 e. The highest BCUT2D eigenvalue weighted by Crippen LogP contribution is 2.23. The minimum Gasteiger partial charge on any atom is -0.356 e. The van der Waals surface area contributed by atoms with E-state index in [4.69, 9.17) is 0 Å². The average Bonchev–Trinajstić information content (AvgIpc) is 2.30. The molecule has 0 aliphatic rings. The van der Waals surface area contributed by atoms with Crippen LogP contribution in [0.2, 0.25) is 0 Å². The van der Waals surface area contributed by atoms with Crippen LogP contribution in [-0.2, 0) is 0 Å². The highest BCUT2D eigenvalue weighted by Gasteiger charge is 2.28. The van der Waals surface area contributed by atoms with Gasteiger partial charge in [0.15, 0.2) is 5.78 Å². The Morgan fingerprint density at radius 2 is 1.80 bits per heavy atom. The highest BCUT2D eigenvalue weighted by atomic mass is 19.3. The van der Waals surface area contributed by atoms with Crippen molar-refractivity contribution in [2.24, 2.45) is 0 Å². The quantitative estimate of drug-likeness (QED) is 0.772. The van der Waals surface area contributed by atoms with Gasteiger partial charge in [0, 0.05) is 5.69 Å². The molecule has 0 atom stereocenters. The lowest BCUT2D eigenvalue weighted by Crippen LogP contribution is -2.17. The summed E-state index contributed by atoms with van der Waals surface area (Å²) in [7, 11) is 0. The molecule has 0 fully saturated rings. The maximum atomic E-state index is 12.7. The van der Waals surface area contributed by atoms with Crippen molar-refractivity contribution < 1.29 is 13.6 Å². The number of aromatic amines is 1. The standard InChI is InChI=1S/C11H15F2NO/c1-6-7(2)10(14-8(6)3)9(15)5-11(4,12)13/h14H,5H2,1-4H3. The number of alkyl halides is 2. The lowest BCUT2D eigenvalue weighted by atomic mass is 10.1. The van der Waals surface area contributed by atoms with Crippen molar-refractivity contribution in [2.75, 3.05) is 0 Å². The zero-order valence-corrected chi connectivity index (χ0v) is 9.37. The van der Waals surface area contributed by atoms with E-state index in [2.05, 4.69) is 4.98 Å². The van der Waals surface area contributed by atoms with Gasteiger partial charge in [-0.3, -0.25) is 4.79 Å². The summed E-state index contributed by atoms with van der Waals surface area (Å²) in [6.07, 6.45) is -0.743. The molecule has 1 heterocycles. The normalized spacial score (nSPS) is 11.9. The molecule has 0 bridgehead atoms. The van der Waals surface area contributed by atoms with Crippen LogP contribution in [0, 0.1) is 20.8 Å². The molecule has 0 unspecified atom stereocenters. The van der Waals surface area contributed by atoms with E-state index < -0.39 is 18.1 Å². The van der Waals surface area contributed by atoms with E-state index in [0.717, 1.165) is 23.7 Å². The summed E-state index contributed by atoms with van der Waals surface area (Å²) in [5.41, 5.74) is 2.89. The Bertz CT molecular complexity index is 388. The van der Waals surface area contributed by atoms with Gasteiger partial charge in [0.1, 0.15) is 0 Å². The number of carbonyl (C=O) groups excluding carboxylic acids is 1. The molecular formula is C11H15F2NO. The minimum absolute atomic E-state index is 0.312. The number of halogens is 2. The number of aryl methyl sites for hydroxylation is 1. The van der Waals surface area contributed by atoms with Crippen molar-refractivity contribution in [3.63, 3.8) is 0 Å². The molecule has 84 valence electrons. The van der Waals surface area contributed by atoms with Crippen molar-refractivity contribution in [2.45, 2.75) is 40.0 Å². The van der Waals surface area contributed by atoms with E-state index in [-0.39, 0.29) is 0 Å². The van der Waals surface area contributed by atoms with E-state index in [1.54, 1.807) is 6.92 Å². The van der Waals surface area contributed by atoms with Crippen molar-refractivity contribution >= 4 is 5.78 Å². The first-order valence-corrected chi connectivity index (χ1v) is 4.79. The van der Waals surface area contributed by atoms with Crippen LogP contribution in [0.15, 0.2) is 0 Å². The second-order valence-electron chi connectivity index (χ2n) is 4.05. The molecule has 1 rings (SSSR count). The molecule has 1 N–H and O–H groups in total. The molecule has 0 amide bonds. The third-order valence-electron chi connectivity index (χ3n) is 2.56. The molecule has 4 heteroatoms. The number of H-pyrrole nitrogens is 1. The van der Waals surface area contributed by atoms with E-state index in [1.807, 2.05) is 13.8 Å². The Morgan fingerprint density at radius 1 is 1.27 bits per heavy atom. The lowest BCUT2D eigenvalue weighted by molar-refractivity contribution is 0.0154. The molecule has 0 spiro atoms. The predicted octanol–water partition coefficient (Wildman–Crippen LogP) is 3.17. The number of hydrogen-bond donors (Lipinski definition) is 1. The summed E-state index contributed by atoms with van der Waals surface area (Å²) >= 11 is 0. The van der Waals surface area contributed by atoms with Crippen molar-refractivity contribution in [1.82, 2.24) is 4.98 Å². The third kappa shape index (κ3) is 2.64. The van der Waals surface area contributed by atoms with Crippen LogP contribution in [0.4, 0.5) is 8.78 Å². The van der Waals surface area contributed by atoms with Crippen molar-refractivity contribution in [3.8, 4) is 0 Å². The van der Waals surface area contributed by atoms with E-state index in [0.29, 0.717) is 5.69 Å². The lowest BCUT2D eigenvalue weighted by Gasteiger charge is -2.08. The summed E-state index contributed by atoms with van der Waals surface area (Å²) in [5, 5.41) is 0. The van der Waals surface area contributed by atoms with E-state index in [9.17, 15) is 13.6 Å². The van der Waals surface area contributed by atoms with Crippen LogP contribution in [-0.4, -0.2) is 16.7 Å². The molecule has 0 radical (unpaired) electrons. The average molecular weight is 215 g/mol. The second kappa shape index (κ2) is 3.76. The summed E-state index contributed by atoms with van der Waals surface area (Å²) in [4.78, 5) is 14.4. The van der Waals surface area contributed by atoms with Gasteiger partial charge in [-0.15, -0.1) is 0 Å². The fraction of sp³-hybridized carbons (Fsp3) is 0.545. The van der Waals surface area contributed by atoms with E-state index >= 15 is 0 Å². The zero-order valence-electron chi connectivity index (χ0n) is 9.37. The van der Waals surface area contributed by atoms with Crippen LogP contribution in [0.3, 0.4) is 0 Å². The van der Waals surface area contributed by atoms with Crippen LogP contribution in [0.1, 0.15) is 40.7 Å². The van der Waals surface area contributed by atoms with Gasteiger partial charge >= 0.3 is 0 Å². The fourth-order valence-electron chi connectivity index (χ4n) is 1.49. The third-order valence-corrected chi connectivity index (χ3v) is 2.56. The minimum atomic E-state index is -2.95. The highest BCUT2D eigenvalue weighted by molar-refractivity contribution is 5.96. The van der Waals surface area contributed by atoms with Gasteiger partial charge in [0.25, 0.3) is 5.92 Å². The maximum absolute atomic E-state index is 12.7. The second-order valence-corrected chi connectivity index (χ2v) is 4.05.